The Morgan fingerprint density at radius 3 is 2.55 bits per heavy atom. The Labute approximate surface area is 127 Å². The zero-order chi connectivity index (χ0) is 15.2. The second kappa shape index (κ2) is 8.12. The third-order valence-corrected chi connectivity index (χ3v) is 5.62. The van der Waals surface area contributed by atoms with Gasteiger partial charge in [-0.2, -0.15) is 0 Å². The van der Waals surface area contributed by atoms with Crippen molar-refractivity contribution in [1.82, 2.24) is 10.0 Å². The minimum atomic E-state index is -3.21. The van der Waals surface area contributed by atoms with Crippen molar-refractivity contribution < 1.29 is 8.42 Å². The lowest BCUT2D eigenvalue weighted by atomic mass is 10.1. The highest BCUT2D eigenvalue weighted by Gasteiger charge is 2.18. The van der Waals surface area contributed by atoms with E-state index in [0.717, 1.165) is 25.1 Å². The molecule has 0 amide bonds. The van der Waals surface area contributed by atoms with Gasteiger partial charge in [-0.1, -0.05) is 6.92 Å². The van der Waals surface area contributed by atoms with Crippen molar-refractivity contribution in [3.63, 3.8) is 0 Å². The normalized spacial score (nSPS) is 13.6. The molecule has 0 aliphatic heterocycles. The van der Waals surface area contributed by atoms with Gasteiger partial charge in [0.2, 0.25) is 10.0 Å². The van der Waals surface area contributed by atoms with Crippen LogP contribution in [0.1, 0.15) is 48.0 Å². The number of aryl methyl sites for hydroxylation is 2. The molecule has 0 radical (unpaired) electrons. The fourth-order valence-corrected chi connectivity index (χ4v) is 4.49. The average molecular weight is 319 g/mol. The van der Waals surface area contributed by atoms with Crippen LogP contribution in [-0.4, -0.2) is 27.3 Å². The second-order valence-corrected chi connectivity index (χ2v) is 8.46. The first-order chi connectivity index (χ1) is 9.35. The van der Waals surface area contributed by atoms with E-state index in [9.17, 15) is 8.42 Å². The molecule has 0 spiro atoms. The lowest BCUT2D eigenvalue weighted by Gasteiger charge is -2.14. The zero-order valence-corrected chi connectivity index (χ0v) is 14.5. The minimum absolute atomic E-state index is 0.159. The van der Waals surface area contributed by atoms with Gasteiger partial charge in [0.1, 0.15) is 0 Å². The van der Waals surface area contributed by atoms with Crippen LogP contribution in [0, 0.1) is 13.8 Å². The first-order valence-electron chi connectivity index (χ1n) is 7.13. The van der Waals surface area contributed by atoms with Crippen LogP contribution >= 0.6 is 11.3 Å². The molecule has 2 N–H and O–H groups in total. The predicted molar refractivity (Wildman–Crippen MR) is 86.9 cm³/mol. The van der Waals surface area contributed by atoms with Crippen molar-refractivity contribution in [2.75, 3.05) is 18.8 Å². The highest BCUT2D eigenvalue weighted by Crippen LogP contribution is 2.26. The topological polar surface area (TPSA) is 58.2 Å². The smallest absolute Gasteiger partial charge is 0.212 e. The summed E-state index contributed by atoms with van der Waals surface area (Å²) in [6.45, 7) is 9.77. The summed E-state index contributed by atoms with van der Waals surface area (Å²) in [5.41, 5.74) is 1.08. The van der Waals surface area contributed by atoms with Crippen LogP contribution in [0.3, 0.4) is 0 Å². The van der Waals surface area contributed by atoms with Gasteiger partial charge in [0, 0.05) is 15.8 Å². The molecular formula is C14H26N2O2S2. The van der Waals surface area contributed by atoms with E-state index in [1.54, 1.807) is 11.3 Å². The van der Waals surface area contributed by atoms with E-state index in [2.05, 4.69) is 23.0 Å². The summed E-state index contributed by atoms with van der Waals surface area (Å²) in [5.74, 6) is 0.177. The molecule has 20 heavy (non-hydrogen) atoms. The molecule has 1 aromatic heterocycles. The Morgan fingerprint density at radius 2 is 2.00 bits per heavy atom. The summed E-state index contributed by atoms with van der Waals surface area (Å²) < 4.78 is 26.8. The fourth-order valence-electron chi connectivity index (χ4n) is 2.16. The molecule has 6 heteroatoms. The van der Waals surface area contributed by atoms with E-state index >= 15 is 0 Å². The summed E-state index contributed by atoms with van der Waals surface area (Å²) in [5, 5.41) is 3.21. The molecule has 1 atom stereocenters. The summed E-state index contributed by atoms with van der Waals surface area (Å²) in [4.78, 5) is 2.40. The van der Waals surface area contributed by atoms with E-state index in [1.807, 2.05) is 20.8 Å². The molecule has 0 saturated carbocycles. The summed E-state index contributed by atoms with van der Waals surface area (Å²) in [6.07, 6.45) is 1.71. The molecular weight excluding hydrogens is 292 g/mol. The lowest BCUT2D eigenvalue weighted by molar-refractivity contribution is 0.561. The highest BCUT2D eigenvalue weighted by molar-refractivity contribution is 7.89. The highest BCUT2D eigenvalue weighted by atomic mass is 32.2. The third kappa shape index (κ3) is 5.91. The molecule has 0 aliphatic rings. The first-order valence-corrected chi connectivity index (χ1v) is 9.60. The van der Waals surface area contributed by atoms with Crippen molar-refractivity contribution in [2.45, 2.75) is 46.6 Å². The Balaban J connectivity index is 2.47. The number of sulfonamides is 1. The SMILES string of the molecule is CCCNCCCS(=O)(=O)NC(C)c1cc(C)sc1C. The van der Waals surface area contributed by atoms with Crippen LogP contribution in [0.15, 0.2) is 6.07 Å². The second-order valence-electron chi connectivity index (χ2n) is 5.13. The minimum Gasteiger partial charge on any atom is -0.317 e. The van der Waals surface area contributed by atoms with Gasteiger partial charge in [-0.15, -0.1) is 11.3 Å². The van der Waals surface area contributed by atoms with E-state index in [0.29, 0.717) is 6.42 Å². The predicted octanol–water partition coefficient (Wildman–Crippen LogP) is 2.74. The number of rotatable bonds is 9. The third-order valence-electron chi connectivity index (χ3n) is 3.10. The van der Waals surface area contributed by atoms with E-state index in [-0.39, 0.29) is 11.8 Å². The first kappa shape index (κ1) is 17.6. The van der Waals surface area contributed by atoms with E-state index in [4.69, 9.17) is 0 Å². The molecule has 1 aromatic rings. The standard InChI is InChI=1S/C14H26N2O2S2/c1-5-7-15-8-6-9-20(17,18)16-12(3)14-10-11(2)19-13(14)4/h10,12,15-16H,5-9H2,1-4H3. The molecule has 0 fully saturated rings. The van der Waals surface area contributed by atoms with Crippen molar-refractivity contribution in [2.24, 2.45) is 0 Å². The largest absolute Gasteiger partial charge is 0.317 e. The van der Waals surface area contributed by atoms with Crippen LogP contribution in [0.2, 0.25) is 0 Å². The van der Waals surface area contributed by atoms with Crippen molar-refractivity contribution in [3.05, 3.63) is 21.4 Å². The van der Waals surface area contributed by atoms with E-state index in [1.165, 1.54) is 9.75 Å². The van der Waals surface area contributed by atoms with Gasteiger partial charge in [-0.3, -0.25) is 0 Å². The molecule has 4 nitrogen and oxygen atoms in total. The number of hydrogen-bond donors (Lipinski definition) is 2. The van der Waals surface area contributed by atoms with Crippen LogP contribution in [0.5, 0.6) is 0 Å². The maximum Gasteiger partial charge on any atom is 0.212 e. The lowest BCUT2D eigenvalue weighted by Crippen LogP contribution is -2.30. The maximum absolute atomic E-state index is 12.0. The number of hydrogen-bond acceptors (Lipinski definition) is 4. The van der Waals surface area contributed by atoms with Crippen LogP contribution in [0.25, 0.3) is 0 Å². The van der Waals surface area contributed by atoms with Crippen LogP contribution in [0.4, 0.5) is 0 Å². The molecule has 1 unspecified atom stereocenters. The Bertz CT molecular complexity index is 509. The van der Waals surface area contributed by atoms with Gasteiger partial charge < -0.3 is 5.32 Å². The molecule has 1 heterocycles. The van der Waals surface area contributed by atoms with Crippen molar-refractivity contribution in [3.8, 4) is 0 Å². The van der Waals surface area contributed by atoms with Gasteiger partial charge in [0.05, 0.1) is 5.75 Å². The fraction of sp³-hybridized carbons (Fsp3) is 0.714. The summed E-state index contributed by atoms with van der Waals surface area (Å²) in [7, 11) is -3.21. The monoisotopic (exact) mass is 318 g/mol. The van der Waals surface area contributed by atoms with Gasteiger partial charge in [0.15, 0.2) is 0 Å². The summed E-state index contributed by atoms with van der Waals surface area (Å²) >= 11 is 1.71. The Kier molecular flexibility index (Phi) is 7.15. The summed E-state index contributed by atoms with van der Waals surface area (Å²) in [6, 6.07) is 1.91. The molecule has 0 aliphatic carbocycles. The zero-order valence-electron chi connectivity index (χ0n) is 12.8. The van der Waals surface area contributed by atoms with E-state index < -0.39 is 10.0 Å². The quantitative estimate of drug-likeness (QED) is 0.688. The van der Waals surface area contributed by atoms with Crippen LogP contribution < -0.4 is 10.0 Å². The molecule has 0 bridgehead atoms. The molecule has 1 rings (SSSR count). The van der Waals surface area contributed by atoms with Gasteiger partial charge in [0.25, 0.3) is 0 Å². The molecule has 0 saturated heterocycles. The van der Waals surface area contributed by atoms with Crippen molar-refractivity contribution in [1.29, 1.82) is 0 Å². The average Bonchev–Trinajstić information content (AvgIpc) is 2.67. The number of thiophene rings is 1. The van der Waals surface area contributed by atoms with Gasteiger partial charge >= 0.3 is 0 Å². The molecule has 0 aromatic carbocycles. The van der Waals surface area contributed by atoms with Crippen LogP contribution in [-0.2, 0) is 10.0 Å². The number of nitrogens with one attached hydrogen (secondary N) is 2. The van der Waals surface area contributed by atoms with Gasteiger partial charge in [-0.25, -0.2) is 13.1 Å². The Hall–Kier alpha value is -0.430. The maximum atomic E-state index is 12.0. The molecule has 116 valence electrons. The van der Waals surface area contributed by atoms with Crippen molar-refractivity contribution >= 4 is 21.4 Å². The Morgan fingerprint density at radius 1 is 1.30 bits per heavy atom. The van der Waals surface area contributed by atoms with Gasteiger partial charge in [-0.05, 0) is 58.3 Å².